The highest BCUT2D eigenvalue weighted by molar-refractivity contribution is 5.94. The fourth-order valence-corrected chi connectivity index (χ4v) is 2.22. The van der Waals surface area contributed by atoms with Gasteiger partial charge in [0, 0.05) is 30.5 Å². The van der Waals surface area contributed by atoms with Gasteiger partial charge in [-0.15, -0.1) is 0 Å². The lowest BCUT2D eigenvalue weighted by Gasteiger charge is -2.15. The van der Waals surface area contributed by atoms with Gasteiger partial charge in [0.2, 0.25) is 0 Å². The minimum absolute atomic E-state index is 0.0581. The summed E-state index contributed by atoms with van der Waals surface area (Å²) in [5.74, 6) is 0.535. The number of nitrogens with zero attached hydrogens (tertiary/aromatic N) is 2. The molecule has 0 saturated heterocycles. The first-order valence-corrected chi connectivity index (χ1v) is 7.56. The summed E-state index contributed by atoms with van der Waals surface area (Å²) in [5, 5.41) is 2.85. The number of methoxy groups -OCH3 is 1. The van der Waals surface area contributed by atoms with E-state index in [1.54, 1.807) is 30.7 Å². The number of rotatable bonds is 8. The van der Waals surface area contributed by atoms with Gasteiger partial charge >= 0.3 is 0 Å². The highest BCUT2D eigenvalue weighted by Crippen LogP contribution is 2.28. The number of ketones is 1. The van der Waals surface area contributed by atoms with Crippen molar-refractivity contribution in [1.82, 2.24) is 14.9 Å². The van der Waals surface area contributed by atoms with Crippen LogP contribution in [0, 0.1) is 0 Å². The summed E-state index contributed by atoms with van der Waals surface area (Å²) in [4.78, 5) is 27.3. The van der Waals surface area contributed by atoms with Gasteiger partial charge in [-0.25, -0.2) is 4.98 Å². The highest BCUT2D eigenvalue weighted by Gasteiger charge is 2.12. The molecule has 0 radical (unpaired) electrons. The molecular weight excluding hydrogens is 310 g/mol. The molecule has 0 aliphatic rings. The summed E-state index contributed by atoms with van der Waals surface area (Å²) in [7, 11) is 1.49. The maximum absolute atomic E-state index is 12.0. The lowest BCUT2D eigenvalue weighted by molar-refractivity contribution is -0.123. The SMILES string of the molecule is COc1cc(C(C)=O)ccc1OCC(=O)N[C@H](C)Cn1ccnc1. The minimum atomic E-state index is -0.236. The third-order valence-electron chi connectivity index (χ3n) is 3.38. The van der Waals surface area contributed by atoms with Crippen LogP contribution in [0.25, 0.3) is 0 Å². The Bertz CT molecular complexity index is 698. The molecule has 1 aromatic heterocycles. The Morgan fingerprint density at radius 1 is 1.33 bits per heavy atom. The molecule has 2 aromatic rings. The van der Waals surface area contributed by atoms with Crippen molar-refractivity contribution in [3.63, 3.8) is 0 Å². The molecular formula is C17H21N3O4. The van der Waals surface area contributed by atoms with Crippen molar-refractivity contribution in [2.45, 2.75) is 26.4 Å². The average molecular weight is 331 g/mol. The van der Waals surface area contributed by atoms with Crippen molar-refractivity contribution in [1.29, 1.82) is 0 Å². The van der Waals surface area contributed by atoms with E-state index in [1.807, 2.05) is 17.7 Å². The summed E-state index contributed by atoms with van der Waals surface area (Å²) >= 11 is 0. The number of ether oxygens (including phenoxy) is 2. The van der Waals surface area contributed by atoms with Gasteiger partial charge < -0.3 is 19.4 Å². The first kappa shape index (κ1) is 17.5. The summed E-state index contributed by atoms with van der Waals surface area (Å²) < 4.78 is 12.6. The van der Waals surface area contributed by atoms with Crippen LogP contribution in [0.2, 0.25) is 0 Å². The Kier molecular flexibility index (Phi) is 5.95. The second-order valence-electron chi connectivity index (χ2n) is 5.44. The topological polar surface area (TPSA) is 82.5 Å². The summed E-state index contributed by atoms with van der Waals surface area (Å²) in [5.41, 5.74) is 0.526. The van der Waals surface area contributed by atoms with E-state index in [-0.39, 0.29) is 24.3 Å². The zero-order chi connectivity index (χ0) is 17.5. The molecule has 0 fully saturated rings. The zero-order valence-corrected chi connectivity index (χ0v) is 14.0. The Labute approximate surface area is 140 Å². The summed E-state index contributed by atoms with van der Waals surface area (Å²) in [6.07, 6.45) is 5.22. The smallest absolute Gasteiger partial charge is 0.258 e. The molecule has 7 nitrogen and oxygen atoms in total. The van der Waals surface area contributed by atoms with Crippen LogP contribution in [0.5, 0.6) is 11.5 Å². The van der Waals surface area contributed by atoms with Crippen molar-refractivity contribution in [2.24, 2.45) is 0 Å². The lowest BCUT2D eigenvalue weighted by Crippen LogP contribution is -2.38. The average Bonchev–Trinajstić information content (AvgIpc) is 3.05. The number of carbonyl (C=O) groups is 2. The Balaban J connectivity index is 1.88. The molecule has 1 heterocycles. The molecule has 0 spiro atoms. The molecule has 0 aliphatic carbocycles. The summed E-state index contributed by atoms with van der Waals surface area (Å²) in [6.45, 7) is 3.87. The van der Waals surface area contributed by atoms with E-state index < -0.39 is 0 Å². The van der Waals surface area contributed by atoms with Crippen LogP contribution in [0.1, 0.15) is 24.2 Å². The molecule has 0 unspecified atom stereocenters. The molecule has 1 aromatic carbocycles. The third kappa shape index (κ3) is 4.84. The molecule has 1 N–H and O–H groups in total. The lowest BCUT2D eigenvalue weighted by atomic mass is 10.1. The normalized spacial score (nSPS) is 11.6. The van der Waals surface area contributed by atoms with Crippen LogP contribution in [-0.2, 0) is 11.3 Å². The molecule has 0 aliphatic heterocycles. The molecule has 1 atom stereocenters. The molecule has 0 bridgehead atoms. The Hall–Kier alpha value is -2.83. The monoisotopic (exact) mass is 331 g/mol. The predicted molar refractivity (Wildman–Crippen MR) is 88.3 cm³/mol. The van der Waals surface area contributed by atoms with E-state index >= 15 is 0 Å². The van der Waals surface area contributed by atoms with E-state index in [0.717, 1.165) is 0 Å². The number of benzene rings is 1. The number of imidazole rings is 1. The van der Waals surface area contributed by atoms with Crippen LogP contribution < -0.4 is 14.8 Å². The highest BCUT2D eigenvalue weighted by atomic mass is 16.5. The first-order chi connectivity index (χ1) is 11.5. The predicted octanol–water partition coefficient (Wildman–Crippen LogP) is 1.68. The number of amides is 1. The Morgan fingerprint density at radius 3 is 2.75 bits per heavy atom. The van der Waals surface area contributed by atoms with Gasteiger partial charge in [-0.3, -0.25) is 9.59 Å². The number of hydrogen-bond acceptors (Lipinski definition) is 5. The maximum atomic E-state index is 12.0. The second kappa shape index (κ2) is 8.14. The van der Waals surface area contributed by atoms with Gasteiger partial charge in [0.25, 0.3) is 5.91 Å². The number of Topliss-reactive ketones (excluding diaryl/α,β-unsaturated/α-hetero) is 1. The van der Waals surface area contributed by atoms with Gasteiger partial charge in [-0.05, 0) is 32.0 Å². The number of hydrogen-bond donors (Lipinski definition) is 1. The standard InChI is InChI=1S/C17H21N3O4/c1-12(9-20-7-6-18-11-20)19-17(22)10-24-15-5-4-14(13(2)21)8-16(15)23-3/h4-8,11-12H,9-10H2,1-3H3,(H,19,22)/t12-/m1/s1. The van der Waals surface area contributed by atoms with Crippen LogP contribution in [-0.4, -0.2) is 41.0 Å². The molecule has 2 rings (SSSR count). The molecule has 1 amide bonds. The number of nitrogens with one attached hydrogen (secondary N) is 1. The van der Waals surface area contributed by atoms with Gasteiger partial charge in [-0.2, -0.15) is 0 Å². The number of aromatic nitrogens is 2. The van der Waals surface area contributed by atoms with Crippen LogP contribution in [0.15, 0.2) is 36.9 Å². The van der Waals surface area contributed by atoms with Crippen molar-refractivity contribution in [3.8, 4) is 11.5 Å². The van der Waals surface area contributed by atoms with Gasteiger partial charge in [-0.1, -0.05) is 0 Å². The first-order valence-electron chi connectivity index (χ1n) is 7.56. The van der Waals surface area contributed by atoms with Gasteiger partial charge in [0.15, 0.2) is 23.9 Å². The minimum Gasteiger partial charge on any atom is -0.493 e. The fourth-order valence-electron chi connectivity index (χ4n) is 2.22. The zero-order valence-electron chi connectivity index (χ0n) is 14.0. The largest absolute Gasteiger partial charge is 0.493 e. The quantitative estimate of drug-likeness (QED) is 0.744. The van der Waals surface area contributed by atoms with E-state index in [1.165, 1.54) is 14.0 Å². The van der Waals surface area contributed by atoms with Crippen molar-refractivity contribution in [3.05, 3.63) is 42.5 Å². The molecule has 7 heteroatoms. The molecule has 24 heavy (non-hydrogen) atoms. The van der Waals surface area contributed by atoms with E-state index in [4.69, 9.17) is 9.47 Å². The van der Waals surface area contributed by atoms with E-state index in [0.29, 0.717) is 23.6 Å². The van der Waals surface area contributed by atoms with E-state index in [2.05, 4.69) is 10.3 Å². The van der Waals surface area contributed by atoms with E-state index in [9.17, 15) is 9.59 Å². The van der Waals surface area contributed by atoms with Crippen LogP contribution in [0.4, 0.5) is 0 Å². The second-order valence-corrected chi connectivity index (χ2v) is 5.44. The maximum Gasteiger partial charge on any atom is 0.258 e. The van der Waals surface area contributed by atoms with Gasteiger partial charge in [0.1, 0.15) is 0 Å². The van der Waals surface area contributed by atoms with Crippen molar-refractivity contribution < 1.29 is 19.1 Å². The third-order valence-corrected chi connectivity index (χ3v) is 3.38. The fraction of sp³-hybridized carbons (Fsp3) is 0.353. The molecule has 0 saturated carbocycles. The number of carbonyl (C=O) groups excluding carboxylic acids is 2. The van der Waals surface area contributed by atoms with Crippen LogP contribution in [0.3, 0.4) is 0 Å². The summed E-state index contributed by atoms with van der Waals surface area (Å²) in [6, 6.07) is 4.80. The van der Waals surface area contributed by atoms with Gasteiger partial charge in [0.05, 0.1) is 13.4 Å². The Morgan fingerprint density at radius 2 is 2.12 bits per heavy atom. The van der Waals surface area contributed by atoms with Crippen LogP contribution >= 0.6 is 0 Å². The van der Waals surface area contributed by atoms with Crippen molar-refractivity contribution in [2.75, 3.05) is 13.7 Å². The molecule has 128 valence electrons. The van der Waals surface area contributed by atoms with Crippen molar-refractivity contribution >= 4 is 11.7 Å².